The van der Waals surface area contributed by atoms with Gasteiger partial charge in [0.05, 0.1) is 20.5 Å². The number of hydrogen-bond acceptors (Lipinski definition) is 5. The maximum Gasteiger partial charge on any atom is 0.223 e. The standard InChI is InChI=1S/C18H28N2O5S/c1-24-16-10-14(11-17(12-16)25-2)7-8-18(21)20-9-5-4-6-15(20)13-19-26(3,22)23/h10-12,15,19H,4-9,13H2,1-3H3. The topological polar surface area (TPSA) is 84.9 Å². The Hall–Kier alpha value is -1.80. The van der Waals surface area contributed by atoms with E-state index < -0.39 is 10.0 Å². The molecule has 0 aromatic heterocycles. The van der Waals surface area contributed by atoms with Crippen LogP contribution < -0.4 is 14.2 Å². The molecule has 0 aliphatic carbocycles. The number of nitrogens with zero attached hydrogens (tertiary/aromatic N) is 1. The van der Waals surface area contributed by atoms with E-state index in [1.54, 1.807) is 20.3 Å². The van der Waals surface area contributed by atoms with Crippen LogP contribution in [0, 0.1) is 0 Å². The van der Waals surface area contributed by atoms with E-state index in [2.05, 4.69) is 4.72 Å². The molecule has 146 valence electrons. The van der Waals surface area contributed by atoms with Gasteiger partial charge in [-0.25, -0.2) is 13.1 Å². The van der Waals surface area contributed by atoms with E-state index >= 15 is 0 Å². The quantitative estimate of drug-likeness (QED) is 0.735. The predicted octanol–water partition coefficient (Wildman–Crippen LogP) is 1.57. The Morgan fingerprint density at radius 2 is 1.85 bits per heavy atom. The van der Waals surface area contributed by atoms with Gasteiger partial charge in [-0.2, -0.15) is 0 Å². The number of piperidine rings is 1. The van der Waals surface area contributed by atoms with E-state index in [0.717, 1.165) is 31.1 Å². The molecule has 1 aliphatic rings. The van der Waals surface area contributed by atoms with Gasteiger partial charge in [0, 0.05) is 31.6 Å². The van der Waals surface area contributed by atoms with Crippen molar-refractivity contribution >= 4 is 15.9 Å². The molecule has 1 unspecified atom stereocenters. The van der Waals surface area contributed by atoms with Crippen molar-refractivity contribution in [2.75, 3.05) is 33.6 Å². The van der Waals surface area contributed by atoms with E-state index in [0.29, 0.717) is 30.9 Å². The third-order valence-electron chi connectivity index (χ3n) is 4.57. The molecular formula is C18H28N2O5S. The molecule has 1 N–H and O–H groups in total. The number of aryl methyl sites for hydroxylation is 1. The largest absolute Gasteiger partial charge is 0.497 e. The van der Waals surface area contributed by atoms with Crippen molar-refractivity contribution in [1.29, 1.82) is 0 Å². The highest BCUT2D eigenvalue weighted by Gasteiger charge is 2.27. The fourth-order valence-corrected chi connectivity index (χ4v) is 3.69. The summed E-state index contributed by atoms with van der Waals surface area (Å²) in [6.07, 6.45) is 4.86. The first-order valence-electron chi connectivity index (χ1n) is 8.78. The zero-order valence-corrected chi connectivity index (χ0v) is 16.5. The van der Waals surface area contributed by atoms with Gasteiger partial charge in [0.2, 0.25) is 15.9 Å². The molecule has 8 heteroatoms. The number of benzene rings is 1. The number of carbonyl (C=O) groups is 1. The zero-order valence-electron chi connectivity index (χ0n) is 15.7. The van der Waals surface area contributed by atoms with Crippen LogP contribution in [0.1, 0.15) is 31.2 Å². The van der Waals surface area contributed by atoms with Gasteiger partial charge in [-0.3, -0.25) is 4.79 Å². The molecule has 0 radical (unpaired) electrons. The molecule has 0 spiro atoms. The first kappa shape index (κ1) is 20.5. The molecule has 1 heterocycles. The van der Waals surface area contributed by atoms with Crippen LogP contribution in [0.25, 0.3) is 0 Å². The average Bonchev–Trinajstić information content (AvgIpc) is 2.63. The molecule has 1 amide bonds. The summed E-state index contributed by atoms with van der Waals surface area (Å²) in [5.41, 5.74) is 0.970. The molecular weight excluding hydrogens is 356 g/mol. The Kier molecular flexibility index (Phi) is 7.28. The van der Waals surface area contributed by atoms with Crippen molar-refractivity contribution in [2.45, 2.75) is 38.1 Å². The second-order valence-corrected chi connectivity index (χ2v) is 8.41. The molecule has 1 aliphatic heterocycles. The smallest absolute Gasteiger partial charge is 0.223 e. The normalized spacial score (nSPS) is 17.8. The van der Waals surface area contributed by atoms with E-state index in [1.165, 1.54) is 0 Å². The lowest BCUT2D eigenvalue weighted by Gasteiger charge is -2.36. The van der Waals surface area contributed by atoms with Crippen molar-refractivity contribution in [2.24, 2.45) is 0 Å². The van der Waals surface area contributed by atoms with Gasteiger partial charge < -0.3 is 14.4 Å². The number of likely N-dealkylation sites (tertiary alicyclic amines) is 1. The van der Waals surface area contributed by atoms with Gasteiger partial charge in [-0.1, -0.05) is 0 Å². The minimum absolute atomic E-state index is 0.0480. The minimum atomic E-state index is -3.26. The minimum Gasteiger partial charge on any atom is -0.497 e. The molecule has 0 bridgehead atoms. The Balaban J connectivity index is 1.98. The van der Waals surface area contributed by atoms with Crippen LogP contribution in [-0.4, -0.2) is 58.8 Å². The van der Waals surface area contributed by atoms with Crippen LogP contribution in [0.2, 0.25) is 0 Å². The van der Waals surface area contributed by atoms with Gasteiger partial charge in [0.25, 0.3) is 0 Å². The number of methoxy groups -OCH3 is 2. The maximum atomic E-state index is 12.7. The highest BCUT2D eigenvalue weighted by molar-refractivity contribution is 7.88. The molecule has 1 aromatic rings. The molecule has 1 atom stereocenters. The number of sulfonamides is 1. The van der Waals surface area contributed by atoms with Gasteiger partial charge in [0.1, 0.15) is 11.5 Å². The van der Waals surface area contributed by atoms with Gasteiger partial charge in [-0.15, -0.1) is 0 Å². The Morgan fingerprint density at radius 3 is 2.42 bits per heavy atom. The Labute approximate surface area is 155 Å². The molecule has 1 aromatic carbocycles. The third kappa shape index (κ3) is 6.17. The summed E-state index contributed by atoms with van der Waals surface area (Å²) in [6.45, 7) is 0.952. The number of amides is 1. The molecule has 1 fully saturated rings. The van der Waals surface area contributed by atoms with Crippen LogP contribution in [0.3, 0.4) is 0 Å². The Bertz CT molecular complexity index is 698. The van der Waals surface area contributed by atoms with E-state index in [1.807, 2.05) is 17.0 Å². The lowest BCUT2D eigenvalue weighted by Crippen LogP contribution is -2.49. The first-order valence-corrected chi connectivity index (χ1v) is 10.7. The molecule has 26 heavy (non-hydrogen) atoms. The van der Waals surface area contributed by atoms with Crippen LogP contribution in [0.15, 0.2) is 18.2 Å². The summed E-state index contributed by atoms with van der Waals surface area (Å²) in [7, 11) is -0.0709. The van der Waals surface area contributed by atoms with Crippen molar-refractivity contribution < 1.29 is 22.7 Å². The summed E-state index contributed by atoms with van der Waals surface area (Å²) in [5.74, 6) is 1.44. The van der Waals surface area contributed by atoms with Crippen molar-refractivity contribution in [3.63, 3.8) is 0 Å². The van der Waals surface area contributed by atoms with E-state index in [4.69, 9.17) is 9.47 Å². The van der Waals surface area contributed by atoms with Crippen LogP contribution >= 0.6 is 0 Å². The van der Waals surface area contributed by atoms with Crippen LogP contribution in [0.4, 0.5) is 0 Å². The van der Waals surface area contributed by atoms with Gasteiger partial charge in [-0.05, 0) is 43.4 Å². The SMILES string of the molecule is COc1cc(CCC(=O)N2CCCCC2CNS(C)(=O)=O)cc(OC)c1. The summed E-state index contributed by atoms with van der Waals surface area (Å²) in [6, 6.07) is 5.51. The fourth-order valence-electron chi connectivity index (χ4n) is 3.19. The third-order valence-corrected chi connectivity index (χ3v) is 5.26. The molecule has 7 nitrogen and oxygen atoms in total. The number of ether oxygens (including phenoxy) is 2. The van der Waals surface area contributed by atoms with Gasteiger partial charge >= 0.3 is 0 Å². The van der Waals surface area contributed by atoms with Crippen LogP contribution in [-0.2, 0) is 21.2 Å². The predicted molar refractivity (Wildman–Crippen MR) is 100 cm³/mol. The monoisotopic (exact) mass is 384 g/mol. The second kappa shape index (κ2) is 9.23. The maximum absolute atomic E-state index is 12.7. The van der Waals surface area contributed by atoms with E-state index in [9.17, 15) is 13.2 Å². The van der Waals surface area contributed by atoms with Crippen LogP contribution in [0.5, 0.6) is 11.5 Å². The lowest BCUT2D eigenvalue weighted by molar-refractivity contribution is -0.134. The van der Waals surface area contributed by atoms with Crippen molar-refractivity contribution in [3.05, 3.63) is 23.8 Å². The number of hydrogen-bond donors (Lipinski definition) is 1. The first-order chi connectivity index (χ1) is 12.3. The lowest BCUT2D eigenvalue weighted by atomic mass is 10.0. The number of nitrogens with one attached hydrogen (secondary N) is 1. The number of carbonyl (C=O) groups excluding carboxylic acids is 1. The van der Waals surface area contributed by atoms with E-state index in [-0.39, 0.29) is 18.5 Å². The highest BCUT2D eigenvalue weighted by atomic mass is 32.2. The Morgan fingerprint density at radius 1 is 1.19 bits per heavy atom. The molecule has 1 saturated heterocycles. The summed E-state index contributed by atoms with van der Waals surface area (Å²) >= 11 is 0. The summed E-state index contributed by atoms with van der Waals surface area (Å²) in [5, 5.41) is 0. The highest BCUT2D eigenvalue weighted by Crippen LogP contribution is 2.24. The zero-order chi connectivity index (χ0) is 19.2. The molecule has 2 rings (SSSR count). The van der Waals surface area contributed by atoms with Gasteiger partial charge in [0.15, 0.2) is 0 Å². The molecule has 0 saturated carbocycles. The number of rotatable bonds is 8. The fraction of sp³-hybridized carbons (Fsp3) is 0.611. The van der Waals surface area contributed by atoms with Crippen molar-refractivity contribution in [1.82, 2.24) is 9.62 Å². The summed E-state index contributed by atoms with van der Waals surface area (Å²) in [4.78, 5) is 14.5. The second-order valence-electron chi connectivity index (χ2n) is 6.58. The summed E-state index contributed by atoms with van der Waals surface area (Å²) < 4.78 is 35.7. The average molecular weight is 384 g/mol. The van der Waals surface area contributed by atoms with Crippen molar-refractivity contribution in [3.8, 4) is 11.5 Å².